The van der Waals surface area contributed by atoms with Crippen molar-refractivity contribution in [2.75, 3.05) is 11.6 Å². The van der Waals surface area contributed by atoms with E-state index in [1.807, 2.05) is 13.0 Å². The monoisotopic (exact) mass is 422 g/mol. The second-order valence-corrected chi connectivity index (χ2v) is 8.84. The fourth-order valence-electron chi connectivity index (χ4n) is 2.91. The van der Waals surface area contributed by atoms with Crippen LogP contribution in [0.2, 0.25) is 0 Å². The molecule has 0 saturated heterocycles. The first-order chi connectivity index (χ1) is 14.3. The van der Waals surface area contributed by atoms with Crippen molar-refractivity contribution < 1.29 is 22.4 Å². The van der Waals surface area contributed by atoms with Crippen molar-refractivity contribution in [2.45, 2.75) is 11.8 Å². The number of hydrogen-bond acceptors (Lipinski definition) is 6. The lowest BCUT2D eigenvalue weighted by molar-refractivity contribution is 0.102. The molecule has 2 heterocycles. The van der Waals surface area contributed by atoms with E-state index in [1.165, 1.54) is 18.4 Å². The summed E-state index contributed by atoms with van der Waals surface area (Å²) in [6, 6.07) is 14.6. The molecule has 0 unspecified atom stereocenters. The molecule has 0 spiro atoms. The molecule has 0 saturated carbocycles. The minimum atomic E-state index is -3.29. The third-order valence-electron chi connectivity index (χ3n) is 4.43. The van der Waals surface area contributed by atoms with Gasteiger partial charge in [0, 0.05) is 23.9 Å². The number of nitrogens with one attached hydrogen (secondary N) is 1. The van der Waals surface area contributed by atoms with Crippen LogP contribution < -0.4 is 10.1 Å². The smallest absolute Gasteiger partial charge is 0.257 e. The molecule has 2 aromatic heterocycles. The van der Waals surface area contributed by atoms with Crippen LogP contribution in [0.25, 0.3) is 11.0 Å². The summed E-state index contributed by atoms with van der Waals surface area (Å²) in [5, 5.41) is 3.41. The number of rotatable bonds is 5. The van der Waals surface area contributed by atoms with Crippen molar-refractivity contribution >= 4 is 32.5 Å². The van der Waals surface area contributed by atoms with Gasteiger partial charge in [0.25, 0.3) is 5.91 Å². The van der Waals surface area contributed by atoms with Gasteiger partial charge in [0.05, 0.1) is 16.7 Å². The fraction of sp³-hybridized carbons (Fsp3) is 0.0909. The van der Waals surface area contributed by atoms with E-state index in [1.54, 1.807) is 42.6 Å². The van der Waals surface area contributed by atoms with Crippen LogP contribution in [0.4, 0.5) is 5.82 Å². The maximum Gasteiger partial charge on any atom is 0.257 e. The second kappa shape index (κ2) is 7.64. The van der Waals surface area contributed by atoms with Crippen LogP contribution in [0.5, 0.6) is 11.5 Å². The fourth-order valence-corrected chi connectivity index (χ4v) is 3.54. The van der Waals surface area contributed by atoms with Gasteiger partial charge in [-0.05, 0) is 55.0 Å². The molecule has 1 amide bonds. The van der Waals surface area contributed by atoms with E-state index in [0.29, 0.717) is 33.8 Å². The van der Waals surface area contributed by atoms with Crippen LogP contribution in [0, 0.1) is 6.92 Å². The molecule has 2 aromatic carbocycles. The third kappa shape index (κ3) is 4.18. The van der Waals surface area contributed by atoms with Gasteiger partial charge in [0.15, 0.2) is 9.84 Å². The van der Waals surface area contributed by atoms with Crippen LogP contribution in [0.1, 0.15) is 15.9 Å². The number of benzene rings is 2. The number of anilines is 1. The average Bonchev–Trinajstić information content (AvgIpc) is 3.17. The Labute approximate surface area is 173 Å². The Hall–Kier alpha value is -3.65. The molecule has 4 aromatic rings. The molecular weight excluding hydrogens is 404 g/mol. The van der Waals surface area contributed by atoms with E-state index in [0.717, 1.165) is 11.8 Å². The van der Waals surface area contributed by atoms with Gasteiger partial charge in [-0.3, -0.25) is 4.79 Å². The molecule has 0 radical (unpaired) electrons. The van der Waals surface area contributed by atoms with Crippen molar-refractivity contribution in [2.24, 2.45) is 0 Å². The molecule has 0 aliphatic rings. The average molecular weight is 422 g/mol. The zero-order valence-electron chi connectivity index (χ0n) is 16.2. The van der Waals surface area contributed by atoms with Gasteiger partial charge in [-0.1, -0.05) is 6.07 Å². The maximum absolute atomic E-state index is 12.9. The summed E-state index contributed by atoms with van der Waals surface area (Å²) in [4.78, 5) is 17.2. The summed E-state index contributed by atoms with van der Waals surface area (Å²) in [5.74, 6) is 0.895. The Morgan fingerprint density at radius 1 is 1.03 bits per heavy atom. The van der Waals surface area contributed by atoms with Crippen LogP contribution in [0.3, 0.4) is 0 Å². The second-order valence-electron chi connectivity index (χ2n) is 6.82. The molecule has 7 nitrogen and oxygen atoms in total. The molecule has 0 bridgehead atoms. The maximum atomic E-state index is 12.9. The van der Waals surface area contributed by atoms with Crippen molar-refractivity contribution in [3.63, 3.8) is 0 Å². The number of aromatic nitrogens is 1. The first-order valence-corrected chi connectivity index (χ1v) is 10.9. The lowest BCUT2D eigenvalue weighted by Crippen LogP contribution is -2.13. The number of carbonyl (C=O) groups is 1. The third-order valence-corrected chi connectivity index (χ3v) is 5.56. The summed E-state index contributed by atoms with van der Waals surface area (Å²) in [5.41, 5.74) is 1.84. The van der Waals surface area contributed by atoms with Gasteiger partial charge >= 0.3 is 0 Å². The Morgan fingerprint density at radius 2 is 1.80 bits per heavy atom. The normalized spacial score (nSPS) is 11.4. The van der Waals surface area contributed by atoms with Crippen molar-refractivity contribution in [1.82, 2.24) is 4.98 Å². The predicted octanol–water partition coefficient (Wildman–Crippen LogP) is 4.58. The molecular formula is C22H18N2O5S. The van der Waals surface area contributed by atoms with E-state index in [2.05, 4.69) is 10.3 Å². The van der Waals surface area contributed by atoms with Crippen LogP contribution in [-0.4, -0.2) is 25.6 Å². The molecule has 0 aliphatic heterocycles. The Kier molecular flexibility index (Phi) is 5.01. The van der Waals surface area contributed by atoms with Gasteiger partial charge in [0.2, 0.25) is 0 Å². The molecule has 0 fully saturated rings. The molecule has 8 heteroatoms. The minimum absolute atomic E-state index is 0.196. The van der Waals surface area contributed by atoms with Gasteiger partial charge in [-0.15, -0.1) is 0 Å². The van der Waals surface area contributed by atoms with Gasteiger partial charge in [-0.2, -0.15) is 0 Å². The number of hydrogen-bond donors (Lipinski definition) is 1. The highest BCUT2D eigenvalue weighted by Crippen LogP contribution is 2.30. The number of pyridine rings is 1. The van der Waals surface area contributed by atoms with E-state index in [-0.39, 0.29) is 10.8 Å². The van der Waals surface area contributed by atoms with Gasteiger partial charge in [-0.25, -0.2) is 13.4 Å². The highest BCUT2D eigenvalue weighted by molar-refractivity contribution is 7.90. The molecule has 4 rings (SSSR count). The van der Waals surface area contributed by atoms with E-state index < -0.39 is 9.84 Å². The van der Waals surface area contributed by atoms with Crippen LogP contribution in [0.15, 0.2) is 76.4 Å². The number of fused-ring (bicyclic) bond motifs is 1. The zero-order valence-corrected chi connectivity index (χ0v) is 17.1. The Balaban J connectivity index is 1.64. The number of carbonyl (C=O) groups excluding carboxylic acids is 1. The topological polar surface area (TPSA) is 98.5 Å². The van der Waals surface area contributed by atoms with E-state index >= 15 is 0 Å². The molecule has 30 heavy (non-hydrogen) atoms. The van der Waals surface area contributed by atoms with E-state index in [4.69, 9.17) is 9.15 Å². The molecule has 1 N–H and O–H groups in total. The summed E-state index contributed by atoms with van der Waals surface area (Å²) in [7, 11) is -3.29. The van der Waals surface area contributed by atoms with Crippen LogP contribution >= 0.6 is 0 Å². The van der Waals surface area contributed by atoms with Gasteiger partial charge < -0.3 is 14.5 Å². The number of ether oxygens (including phenoxy) is 1. The van der Waals surface area contributed by atoms with E-state index in [9.17, 15) is 13.2 Å². The zero-order chi connectivity index (χ0) is 21.3. The molecule has 0 aliphatic carbocycles. The molecule has 152 valence electrons. The standard InChI is InChI=1S/C22H18N2O5S/c1-14-3-8-21(23-13-14)24-22(25)19-11-16(12-20-18(19)9-10-28-20)29-15-4-6-17(7-5-15)30(2,26)27/h3-13H,1-2H3,(H,23,24,25). The number of amides is 1. The number of nitrogens with zero attached hydrogens (tertiary/aromatic N) is 1. The predicted molar refractivity (Wildman–Crippen MR) is 113 cm³/mol. The summed E-state index contributed by atoms with van der Waals surface area (Å²) in [6.45, 7) is 1.91. The highest BCUT2D eigenvalue weighted by atomic mass is 32.2. The Morgan fingerprint density at radius 3 is 2.47 bits per heavy atom. The van der Waals surface area contributed by atoms with Crippen LogP contribution in [-0.2, 0) is 9.84 Å². The first-order valence-electron chi connectivity index (χ1n) is 9.03. The number of sulfone groups is 1. The molecule has 0 atom stereocenters. The van der Waals surface area contributed by atoms with Gasteiger partial charge in [0.1, 0.15) is 22.9 Å². The summed E-state index contributed by atoms with van der Waals surface area (Å²) in [6.07, 6.45) is 4.31. The SMILES string of the molecule is Cc1ccc(NC(=O)c2cc(Oc3ccc(S(C)(=O)=O)cc3)cc3occc23)nc1. The number of furan rings is 1. The van der Waals surface area contributed by atoms with Crippen molar-refractivity contribution in [3.8, 4) is 11.5 Å². The lowest BCUT2D eigenvalue weighted by Gasteiger charge is -2.10. The summed E-state index contributed by atoms with van der Waals surface area (Å²) >= 11 is 0. The quantitative estimate of drug-likeness (QED) is 0.505. The van der Waals surface area contributed by atoms with Crippen molar-refractivity contribution in [1.29, 1.82) is 0 Å². The highest BCUT2D eigenvalue weighted by Gasteiger charge is 2.16. The van der Waals surface area contributed by atoms with Crippen molar-refractivity contribution in [3.05, 3.63) is 78.2 Å². The minimum Gasteiger partial charge on any atom is -0.464 e. The number of aryl methyl sites for hydroxylation is 1. The Bertz CT molecular complexity index is 1320. The largest absolute Gasteiger partial charge is 0.464 e. The lowest BCUT2D eigenvalue weighted by atomic mass is 10.1. The first kappa shape index (κ1) is 19.7. The summed E-state index contributed by atoms with van der Waals surface area (Å²) < 4.78 is 34.5.